The third-order valence-corrected chi connectivity index (χ3v) is 3.72. The Kier molecular flexibility index (Phi) is 3.38. The summed E-state index contributed by atoms with van der Waals surface area (Å²) in [4.78, 5) is 4.48. The molecule has 0 bridgehead atoms. The van der Waals surface area contributed by atoms with Crippen LogP contribution in [0.5, 0.6) is 0 Å². The van der Waals surface area contributed by atoms with E-state index >= 15 is 0 Å². The number of ether oxygens (including phenoxy) is 1. The smallest absolute Gasteiger partial charge is 0.152 e. The highest BCUT2D eigenvalue weighted by atomic mass is 16.5. The Hall–Kier alpha value is -1.62. The lowest BCUT2D eigenvalue weighted by molar-refractivity contribution is 0.0904. The second-order valence-electron chi connectivity index (χ2n) is 6.42. The SMILES string of the molecule is CC(C)(C)c1cc2c(NC3CCOCC3)nccn2n1. The van der Waals surface area contributed by atoms with Crippen LogP contribution in [0.15, 0.2) is 18.5 Å². The summed E-state index contributed by atoms with van der Waals surface area (Å²) in [6.45, 7) is 8.18. The maximum atomic E-state index is 5.40. The molecule has 2 aromatic rings. The normalized spacial score (nSPS) is 17.6. The van der Waals surface area contributed by atoms with Gasteiger partial charge in [-0.25, -0.2) is 9.50 Å². The molecule has 0 unspecified atom stereocenters. The van der Waals surface area contributed by atoms with Crippen LogP contribution in [0.3, 0.4) is 0 Å². The van der Waals surface area contributed by atoms with Crippen molar-refractivity contribution in [3.05, 3.63) is 24.2 Å². The molecule has 0 radical (unpaired) electrons. The van der Waals surface area contributed by atoms with Crippen LogP contribution in [-0.2, 0) is 10.2 Å². The van der Waals surface area contributed by atoms with E-state index in [0.717, 1.165) is 43.1 Å². The summed E-state index contributed by atoms with van der Waals surface area (Å²) >= 11 is 0. The van der Waals surface area contributed by atoms with E-state index in [1.807, 2.05) is 10.7 Å². The summed E-state index contributed by atoms with van der Waals surface area (Å²) in [6, 6.07) is 2.57. The molecule has 3 heterocycles. The van der Waals surface area contributed by atoms with Gasteiger partial charge in [0.25, 0.3) is 0 Å². The summed E-state index contributed by atoms with van der Waals surface area (Å²) in [7, 11) is 0. The predicted octanol–water partition coefficient (Wildman–Crippen LogP) is 2.62. The van der Waals surface area contributed by atoms with E-state index in [1.54, 1.807) is 6.20 Å². The Bertz CT molecular complexity index is 593. The lowest BCUT2D eigenvalue weighted by atomic mass is 9.92. The predicted molar refractivity (Wildman–Crippen MR) is 79.2 cm³/mol. The molecule has 20 heavy (non-hydrogen) atoms. The van der Waals surface area contributed by atoms with Gasteiger partial charge in [0, 0.05) is 37.1 Å². The van der Waals surface area contributed by atoms with Gasteiger partial charge in [-0.15, -0.1) is 0 Å². The Morgan fingerprint density at radius 3 is 2.75 bits per heavy atom. The standard InChI is InChI=1S/C15H22N4O/c1-15(2,3)13-10-12-14(16-6-7-19(12)18-13)17-11-4-8-20-9-5-11/h6-7,10-11H,4-5,8-9H2,1-3H3,(H,16,17). The number of anilines is 1. The van der Waals surface area contributed by atoms with Crippen molar-refractivity contribution in [2.45, 2.75) is 45.1 Å². The first-order valence-corrected chi connectivity index (χ1v) is 7.23. The molecule has 1 N–H and O–H groups in total. The van der Waals surface area contributed by atoms with Gasteiger partial charge >= 0.3 is 0 Å². The Labute approximate surface area is 119 Å². The van der Waals surface area contributed by atoms with Crippen molar-refractivity contribution in [1.82, 2.24) is 14.6 Å². The van der Waals surface area contributed by atoms with Gasteiger partial charge < -0.3 is 10.1 Å². The largest absolute Gasteiger partial charge is 0.381 e. The van der Waals surface area contributed by atoms with Gasteiger partial charge in [-0.2, -0.15) is 5.10 Å². The average molecular weight is 274 g/mol. The molecule has 1 saturated heterocycles. The summed E-state index contributed by atoms with van der Waals surface area (Å²) < 4.78 is 7.31. The van der Waals surface area contributed by atoms with Gasteiger partial charge in [0.2, 0.25) is 0 Å². The van der Waals surface area contributed by atoms with Crippen LogP contribution < -0.4 is 5.32 Å². The fourth-order valence-corrected chi connectivity index (χ4v) is 2.44. The zero-order valence-corrected chi connectivity index (χ0v) is 12.4. The molecule has 0 saturated carbocycles. The molecule has 2 aromatic heterocycles. The third-order valence-electron chi connectivity index (χ3n) is 3.72. The minimum absolute atomic E-state index is 0.0436. The number of aromatic nitrogens is 3. The zero-order chi connectivity index (χ0) is 14.2. The van der Waals surface area contributed by atoms with Gasteiger partial charge in [-0.05, 0) is 18.9 Å². The van der Waals surface area contributed by atoms with Crippen molar-refractivity contribution in [3.8, 4) is 0 Å². The number of rotatable bonds is 2. The monoisotopic (exact) mass is 274 g/mol. The summed E-state index contributed by atoms with van der Waals surface area (Å²) in [5.41, 5.74) is 2.17. The maximum absolute atomic E-state index is 5.40. The van der Waals surface area contributed by atoms with E-state index in [2.05, 4.69) is 42.2 Å². The van der Waals surface area contributed by atoms with Crippen molar-refractivity contribution in [3.63, 3.8) is 0 Å². The number of nitrogens with one attached hydrogen (secondary N) is 1. The molecule has 5 heteroatoms. The Balaban J connectivity index is 1.92. The van der Waals surface area contributed by atoms with Crippen molar-refractivity contribution < 1.29 is 4.74 Å². The highest BCUT2D eigenvalue weighted by Crippen LogP contribution is 2.25. The molecular weight excluding hydrogens is 252 g/mol. The van der Waals surface area contributed by atoms with E-state index in [9.17, 15) is 0 Å². The van der Waals surface area contributed by atoms with Crippen LogP contribution in [-0.4, -0.2) is 33.9 Å². The Morgan fingerprint density at radius 1 is 1.30 bits per heavy atom. The molecular formula is C15H22N4O. The van der Waals surface area contributed by atoms with Crippen molar-refractivity contribution in [1.29, 1.82) is 0 Å². The second kappa shape index (κ2) is 5.05. The number of fused-ring (bicyclic) bond motifs is 1. The average Bonchev–Trinajstić information content (AvgIpc) is 2.85. The number of hydrogen-bond acceptors (Lipinski definition) is 4. The molecule has 1 aliphatic rings. The molecule has 0 amide bonds. The maximum Gasteiger partial charge on any atom is 0.152 e. The van der Waals surface area contributed by atoms with Crippen LogP contribution in [0, 0.1) is 0 Å². The molecule has 5 nitrogen and oxygen atoms in total. The van der Waals surface area contributed by atoms with Crippen molar-refractivity contribution >= 4 is 11.3 Å². The summed E-state index contributed by atoms with van der Waals surface area (Å²) in [5.74, 6) is 0.919. The lowest BCUT2D eigenvalue weighted by Gasteiger charge is -2.23. The first-order valence-electron chi connectivity index (χ1n) is 7.23. The fourth-order valence-electron chi connectivity index (χ4n) is 2.44. The second-order valence-corrected chi connectivity index (χ2v) is 6.42. The van der Waals surface area contributed by atoms with Crippen molar-refractivity contribution in [2.24, 2.45) is 0 Å². The van der Waals surface area contributed by atoms with E-state index < -0.39 is 0 Å². The van der Waals surface area contributed by atoms with Gasteiger partial charge in [0.15, 0.2) is 5.82 Å². The molecule has 0 aromatic carbocycles. The number of nitrogens with zero attached hydrogens (tertiary/aromatic N) is 3. The van der Waals surface area contributed by atoms with E-state index in [0.29, 0.717) is 6.04 Å². The molecule has 1 aliphatic heterocycles. The highest BCUT2D eigenvalue weighted by molar-refractivity contribution is 5.68. The fraction of sp³-hybridized carbons (Fsp3) is 0.600. The van der Waals surface area contributed by atoms with Crippen LogP contribution in [0.25, 0.3) is 5.52 Å². The van der Waals surface area contributed by atoms with Crippen LogP contribution in [0.1, 0.15) is 39.3 Å². The molecule has 1 fully saturated rings. The third kappa shape index (κ3) is 2.63. The van der Waals surface area contributed by atoms with E-state index in [-0.39, 0.29) is 5.41 Å². The van der Waals surface area contributed by atoms with E-state index in [4.69, 9.17) is 4.74 Å². The zero-order valence-electron chi connectivity index (χ0n) is 12.4. The highest BCUT2D eigenvalue weighted by Gasteiger charge is 2.20. The summed E-state index contributed by atoms with van der Waals surface area (Å²) in [5, 5.41) is 8.19. The molecule has 108 valence electrons. The van der Waals surface area contributed by atoms with Crippen LogP contribution >= 0.6 is 0 Å². The summed E-state index contributed by atoms with van der Waals surface area (Å²) in [6.07, 6.45) is 5.76. The topological polar surface area (TPSA) is 51.5 Å². The minimum Gasteiger partial charge on any atom is -0.381 e. The minimum atomic E-state index is 0.0436. The molecule has 3 rings (SSSR count). The number of hydrogen-bond donors (Lipinski definition) is 1. The molecule has 0 aliphatic carbocycles. The quantitative estimate of drug-likeness (QED) is 0.914. The van der Waals surface area contributed by atoms with Crippen molar-refractivity contribution in [2.75, 3.05) is 18.5 Å². The first-order chi connectivity index (χ1) is 9.54. The Morgan fingerprint density at radius 2 is 2.05 bits per heavy atom. The first kappa shape index (κ1) is 13.4. The van der Waals surface area contributed by atoms with Gasteiger partial charge in [-0.1, -0.05) is 20.8 Å². The van der Waals surface area contributed by atoms with E-state index in [1.165, 1.54) is 0 Å². The van der Waals surface area contributed by atoms with Crippen LogP contribution in [0.4, 0.5) is 5.82 Å². The lowest BCUT2D eigenvalue weighted by Crippen LogP contribution is -2.28. The molecule has 0 spiro atoms. The van der Waals surface area contributed by atoms with Gasteiger partial charge in [0.05, 0.1) is 5.69 Å². The molecule has 0 atom stereocenters. The van der Waals surface area contributed by atoms with Gasteiger partial charge in [0.1, 0.15) is 5.52 Å². The van der Waals surface area contributed by atoms with Gasteiger partial charge in [-0.3, -0.25) is 0 Å². The van der Waals surface area contributed by atoms with Crippen LogP contribution in [0.2, 0.25) is 0 Å².